The second kappa shape index (κ2) is 17.0. The van der Waals surface area contributed by atoms with E-state index in [9.17, 15) is 14.7 Å². The number of ether oxygens (including phenoxy) is 3. The average Bonchev–Trinajstić information content (AvgIpc) is 2.95. The van der Waals surface area contributed by atoms with Crippen LogP contribution in [0, 0.1) is 5.41 Å². The van der Waals surface area contributed by atoms with Gasteiger partial charge in [-0.1, -0.05) is 73.1 Å². The van der Waals surface area contributed by atoms with Crippen LogP contribution in [0.2, 0.25) is 0 Å². The lowest BCUT2D eigenvalue weighted by Gasteiger charge is -2.43. The van der Waals surface area contributed by atoms with E-state index in [1.165, 1.54) is 12.3 Å². The number of pyridine rings is 1. The van der Waals surface area contributed by atoms with E-state index in [1.54, 1.807) is 7.11 Å². The van der Waals surface area contributed by atoms with Gasteiger partial charge >= 0.3 is 5.97 Å². The van der Waals surface area contributed by atoms with Crippen molar-refractivity contribution in [3.05, 3.63) is 62.4 Å². The predicted octanol–water partition coefficient (Wildman–Crippen LogP) is 4.91. The van der Waals surface area contributed by atoms with Gasteiger partial charge in [0.05, 0.1) is 37.3 Å². The molecule has 0 aliphatic carbocycles. The molecule has 0 saturated carbocycles. The number of rotatable bonds is 9. The summed E-state index contributed by atoms with van der Waals surface area (Å²) in [7, 11) is 3.66. The van der Waals surface area contributed by atoms with Gasteiger partial charge in [-0.3, -0.25) is 4.79 Å². The molecule has 1 aromatic heterocycles. The molecule has 2 heterocycles. The van der Waals surface area contributed by atoms with Crippen LogP contribution in [-0.4, -0.2) is 67.7 Å². The second-order valence-corrected chi connectivity index (χ2v) is 10.5. The molecular weight excluding hydrogens is 520 g/mol. The largest absolute Gasteiger partial charge is 0.491 e. The molecule has 0 radical (unpaired) electrons. The van der Waals surface area contributed by atoms with Gasteiger partial charge in [0.25, 0.3) is 0 Å². The summed E-state index contributed by atoms with van der Waals surface area (Å²) in [6.45, 7) is 21.1. The maximum absolute atomic E-state index is 12.9. The molecule has 1 aromatic carbocycles. The summed E-state index contributed by atoms with van der Waals surface area (Å²) in [6, 6.07) is 7.39. The monoisotopic (exact) mass is 572 g/mol. The summed E-state index contributed by atoms with van der Waals surface area (Å²) in [4.78, 5) is 26.9. The highest BCUT2D eigenvalue weighted by molar-refractivity contribution is 5.87. The molecule has 1 aliphatic heterocycles. The van der Waals surface area contributed by atoms with Gasteiger partial charge in [-0.25, -0.2) is 4.79 Å². The van der Waals surface area contributed by atoms with Crippen LogP contribution in [0.4, 0.5) is 0 Å². The number of fused-ring (bicyclic) bond motifs is 1. The molecular formula is C33H52N2O6. The number of aromatic carboxylic acids is 1. The molecule has 2 aromatic rings. The number of benzene rings is 1. The fraction of sp³-hybridized carbons (Fsp3) is 0.576. The maximum Gasteiger partial charge on any atom is 0.341 e. The smallest absolute Gasteiger partial charge is 0.341 e. The first-order valence-corrected chi connectivity index (χ1v) is 14.7. The predicted molar refractivity (Wildman–Crippen MR) is 167 cm³/mol. The van der Waals surface area contributed by atoms with Gasteiger partial charge in [-0.15, -0.1) is 0 Å². The van der Waals surface area contributed by atoms with E-state index in [2.05, 4.69) is 39.5 Å². The van der Waals surface area contributed by atoms with E-state index >= 15 is 0 Å². The third-order valence-corrected chi connectivity index (χ3v) is 6.87. The van der Waals surface area contributed by atoms with Crippen molar-refractivity contribution in [2.45, 2.75) is 74.8 Å². The summed E-state index contributed by atoms with van der Waals surface area (Å²) in [5.74, 6) is -0.463. The zero-order valence-electron chi connectivity index (χ0n) is 27.1. The van der Waals surface area contributed by atoms with Gasteiger partial charge in [0, 0.05) is 43.4 Å². The fourth-order valence-electron chi connectivity index (χ4n) is 4.75. The standard InChI is InChI=1S/C29H40N2O6.2C2H6/c1-8-19(2)26-20(10-9-11-24(26)37-15-14-36-13-12-35-7)27-22-16-23(32)21(28(33)34)17-31(22)25(18-30(27)6)29(3,4)5;2*1-2/h9-11,16-17,25H,8,12-15,18H2,1-7H3,(H,33,34);2*1-2H3/b26-19?,27-20-;;. The number of methoxy groups -OCH3 is 1. The molecule has 230 valence electrons. The Morgan fingerprint density at radius 2 is 1.71 bits per heavy atom. The first-order valence-electron chi connectivity index (χ1n) is 14.7. The van der Waals surface area contributed by atoms with Crippen LogP contribution in [0.25, 0.3) is 11.3 Å². The third kappa shape index (κ3) is 8.94. The van der Waals surface area contributed by atoms with E-state index in [1.807, 2.05) is 57.5 Å². The lowest BCUT2D eigenvalue weighted by molar-refractivity contribution is 0.0542. The Morgan fingerprint density at radius 1 is 1.07 bits per heavy atom. The van der Waals surface area contributed by atoms with Crippen molar-refractivity contribution in [2.24, 2.45) is 5.41 Å². The van der Waals surface area contributed by atoms with Gasteiger partial charge in [0.1, 0.15) is 17.9 Å². The van der Waals surface area contributed by atoms with Crippen molar-refractivity contribution in [1.29, 1.82) is 0 Å². The van der Waals surface area contributed by atoms with Crippen LogP contribution in [0.5, 0.6) is 5.75 Å². The molecule has 1 atom stereocenters. The number of carboxylic acids is 1. The number of carboxylic acid groups (broad SMARTS) is 1. The van der Waals surface area contributed by atoms with Crippen LogP contribution >= 0.6 is 0 Å². The topological polar surface area (TPSA) is 90.2 Å². The SMILES string of the molecule is CC.CC.CCC(C)=c1c(OCCOCCOC)ccc/c1=C1\c2cc(=O)c(C(=O)O)cn2C(C(C)(C)C)CN1C. The molecule has 3 rings (SSSR count). The summed E-state index contributed by atoms with van der Waals surface area (Å²) < 4.78 is 18.7. The van der Waals surface area contributed by atoms with Crippen molar-refractivity contribution in [1.82, 2.24) is 9.47 Å². The quantitative estimate of drug-likeness (QED) is 0.427. The Balaban J connectivity index is 0.00000201. The van der Waals surface area contributed by atoms with Crippen LogP contribution < -0.4 is 20.6 Å². The van der Waals surface area contributed by atoms with E-state index in [0.717, 1.165) is 33.9 Å². The third-order valence-electron chi connectivity index (χ3n) is 6.87. The highest BCUT2D eigenvalue weighted by Gasteiger charge is 2.35. The molecule has 0 bridgehead atoms. The Morgan fingerprint density at radius 3 is 2.27 bits per heavy atom. The molecule has 1 aliphatic rings. The summed E-state index contributed by atoms with van der Waals surface area (Å²) in [5, 5.41) is 11.6. The molecule has 0 amide bonds. The number of hydrogen-bond donors (Lipinski definition) is 1. The summed E-state index contributed by atoms with van der Waals surface area (Å²) >= 11 is 0. The highest BCUT2D eigenvalue weighted by atomic mass is 16.5. The molecule has 8 heteroatoms. The van der Waals surface area contributed by atoms with Crippen molar-refractivity contribution >= 4 is 17.2 Å². The molecule has 8 nitrogen and oxygen atoms in total. The first-order chi connectivity index (χ1) is 19.5. The first kappa shape index (κ1) is 35.9. The van der Waals surface area contributed by atoms with Crippen LogP contribution in [0.15, 0.2) is 35.3 Å². The highest BCUT2D eigenvalue weighted by Crippen LogP contribution is 2.37. The van der Waals surface area contributed by atoms with Crippen LogP contribution in [0.1, 0.15) is 90.8 Å². The zero-order chi connectivity index (χ0) is 31.3. The fourth-order valence-corrected chi connectivity index (χ4v) is 4.75. The van der Waals surface area contributed by atoms with Gasteiger partial charge in [0.15, 0.2) is 5.43 Å². The maximum atomic E-state index is 12.9. The number of carbonyl (C=O) groups is 1. The minimum atomic E-state index is -1.22. The van der Waals surface area contributed by atoms with Crippen molar-refractivity contribution in [3.8, 4) is 5.75 Å². The number of hydrogen-bond acceptors (Lipinski definition) is 6. The lowest BCUT2D eigenvalue weighted by atomic mass is 9.84. The van der Waals surface area contributed by atoms with Crippen molar-refractivity contribution < 1.29 is 24.1 Å². The van der Waals surface area contributed by atoms with E-state index in [4.69, 9.17) is 14.2 Å². The van der Waals surface area contributed by atoms with Gasteiger partial charge in [-0.05, 0) is 24.8 Å². The zero-order valence-corrected chi connectivity index (χ0v) is 27.1. The lowest BCUT2D eigenvalue weighted by Crippen LogP contribution is -2.46. The normalized spacial score (nSPS) is 16.5. The average molecular weight is 573 g/mol. The van der Waals surface area contributed by atoms with Crippen molar-refractivity contribution in [2.75, 3.05) is 47.1 Å². The molecule has 0 fully saturated rings. The number of nitrogens with zero attached hydrogens (tertiary/aromatic N) is 2. The van der Waals surface area contributed by atoms with Gasteiger partial charge < -0.3 is 28.8 Å². The van der Waals surface area contributed by atoms with E-state index in [-0.39, 0.29) is 17.0 Å². The van der Waals surface area contributed by atoms with Crippen molar-refractivity contribution in [3.63, 3.8) is 0 Å². The molecule has 0 spiro atoms. The number of likely N-dealkylation sites (N-methyl/N-ethyl adjacent to an activating group) is 1. The summed E-state index contributed by atoms with van der Waals surface area (Å²) in [6.07, 6.45) is 2.33. The molecule has 0 saturated heterocycles. The molecule has 41 heavy (non-hydrogen) atoms. The Hall–Kier alpha value is -3.10. The minimum absolute atomic E-state index is 0.0293. The number of aromatic nitrogens is 1. The Bertz CT molecular complexity index is 1310. The Kier molecular flexibility index (Phi) is 14.9. The minimum Gasteiger partial charge on any atom is -0.491 e. The van der Waals surface area contributed by atoms with Gasteiger partial charge in [0.2, 0.25) is 0 Å². The summed E-state index contributed by atoms with van der Waals surface area (Å²) in [5.41, 5.74) is 1.84. The van der Waals surface area contributed by atoms with E-state index < -0.39 is 11.4 Å². The molecule has 1 unspecified atom stereocenters. The van der Waals surface area contributed by atoms with Crippen LogP contribution in [-0.2, 0) is 9.47 Å². The van der Waals surface area contributed by atoms with Gasteiger partial charge in [-0.2, -0.15) is 0 Å². The van der Waals surface area contributed by atoms with Crippen LogP contribution in [0.3, 0.4) is 0 Å². The second-order valence-electron chi connectivity index (χ2n) is 10.5. The van der Waals surface area contributed by atoms with E-state index in [0.29, 0.717) is 38.7 Å². The Labute approximate surface area is 246 Å². The molecule has 1 N–H and O–H groups in total.